The molecule has 1 saturated carbocycles. The molecule has 1 aliphatic rings. The molecule has 20 heavy (non-hydrogen) atoms. The van der Waals surface area contributed by atoms with Crippen molar-refractivity contribution in [1.29, 1.82) is 0 Å². The maximum atomic E-state index is 11.9. The summed E-state index contributed by atoms with van der Waals surface area (Å²) >= 11 is 6.08. The molecule has 0 aliphatic heterocycles. The highest BCUT2D eigenvalue weighted by Gasteiger charge is 2.26. The summed E-state index contributed by atoms with van der Waals surface area (Å²) in [7, 11) is 0. The fraction of sp³-hybridized carbons (Fsp3) is 0.714. The normalized spacial score (nSPS) is 17.9. The van der Waals surface area contributed by atoms with E-state index in [4.69, 9.17) is 16.7 Å². The van der Waals surface area contributed by atoms with E-state index in [1.165, 1.54) is 36.8 Å². The summed E-state index contributed by atoms with van der Waals surface area (Å²) in [5.41, 5.74) is 0.485. The minimum absolute atomic E-state index is 0.131. The number of aliphatic hydroxyl groups is 1. The first-order valence-corrected chi connectivity index (χ1v) is 7.54. The number of hydrogen-bond acceptors (Lipinski definition) is 4. The fourth-order valence-electron chi connectivity index (χ4n) is 2.73. The minimum Gasteiger partial charge on any atom is -0.394 e. The molecule has 0 atom stereocenters. The molecule has 0 aromatic carbocycles. The Kier molecular flexibility index (Phi) is 5.05. The Balaban J connectivity index is 2.06. The third kappa shape index (κ3) is 3.52. The van der Waals surface area contributed by atoms with Gasteiger partial charge in [-0.25, -0.2) is 4.68 Å². The lowest BCUT2D eigenvalue weighted by Gasteiger charge is -2.34. The predicted molar refractivity (Wildman–Crippen MR) is 80.3 cm³/mol. The Labute approximate surface area is 124 Å². The Morgan fingerprint density at radius 2 is 2.15 bits per heavy atom. The van der Waals surface area contributed by atoms with Crippen molar-refractivity contribution in [1.82, 2.24) is 9.78 Å². The number of rotatable bonds is 5. The van der Waals surface area contributed by atoms with Crippen LogP contribution in [0.4, 0.5) is 5.69 Å². The van der Waals surface area contributed by atoms with Gasteiger partial charge in [-0.15, -0.1) is 0 Å². The van der Waals surface area contributed by atoms with Gasteiger partial charge < -0.3 is 10.4 Å². The van der Waals surface area contributed by atoms with E-state index in [0.717, 1.165) is 6.54 Å². The molecular formula is C14H22ClN3O2. The quantitative estimate of drug-likeness (QED) is 0.875. The molecule has 2 N–H and O–H groups in total. The Morgan fingerprint density at radius 3 is 2.80 bits per heavy atom. The van der Waals surface area contributed by atoms with Crippen LogP contribution < -0.4 is 10.9 Å². The summed E-state index contributed by atoms with van der Waals surface area (Å²) in [6, 6.07) is 0. The summed E-state index contributed by atoms with van der Waals surface area (Å²) in [6.07, 6.45) is 7.81. The number of aromatic nitrogens is 2. The Morgan fingerprint density at radius 1 is 1.45 bits per heavy atom. The highest BCUT2D eigenvalue weighted by Crippen LogP contribution is 2.36. The summed E-state index contributed by atoms with van der Waals surface area (Å²) < 4.78 is 1.18. The molecule has 0 saturated heterocycles. The topological polar surface area (TPSA) is 67.2 Å². The minimum atomic E-state index is -0.362. The van der Waals surface area contributed by atoms with Crippen LogP contribution >= 0.6 is 11.6 Å². The Hall–Kier alpha value is -1.07. The molecule has 0 amide bonds. The molecule has 112 valence electrons. The highest BCUT2D eigenvalue weighted by atomic mass is 35.5. The van der Waals surface area contributed by atoms with E-state index in [9.17, 15) is 4.79 Å². The van der Waals surface area contributed by atoms with E-state index < -0.39 is 0 Å². The molecule has 1 aromatic rings. The third-order valence-electron chi connectivity index (χ3n) is 4.06. The van der Waals surface area contributed by atoms with Crippen LogP contribution in [0.15, 0.2) is 11.0 Å². The standard InChI is InChI=1S/C14H22ClN3O2/c1-14(5-3-2-4-6-14)10-16-11-9-17-18(7-8-19)13(20)12(11)15/h9,16,19H,2-8,10H2,1H3. The van der Waals surface area contributed by atoms with E-state index in [2.05, 4.69) is 17.3 Å². The van der Waals surface area contributed by atoms with Crippen LogP contribution in [-0.2, 0) is 6.54 Å². The van der Waals surface area contributed by atoms with Crippen molar-refractivity contribution in [2.75, 3.05) is 18.5 Å². The third-order valence-corrected chi connectivity index (χ3v) is 4.43. The SMILES string of the molecule is CC1(CNc2cnn(CCO)c(=O)c2Cl)CCCCC1. The van der Waals surface area contributed by atoms with Gasteiger partial charge in [-0.2, -0.15) is 5.10 Å². The molecule has 0 radical (unpaired) electrons. The maximum Gasteiger partial charge on any atom is 0.287 e. The first-order chi connectivity index (χ1) is 9.56. The van der Waals surface area contributed by atoms with E-state index >= 15 is 0 Å². The second-order valence-electron chi connectivity index (χ2n) is 5.85. The van der Waals surface area contributed by atoms with E-state index in [1.807, 2.05) is 0 Å². The lowest BCUT2D eigenvalue weighted by molar-refractivity contribution is 0.233. The number of hydrogen-bond donors (Lipinski definition) is 2. The lowest BCUT2D eigenvalue weighted by Crippen LogP contribution is -2.30. The predicted octanol–water partition coefficient (Wildman–Crippen LogP) is 2.27. The van der Waals surface area contributed by atoms with Crippen LogP contribution in [0, 0.1) is 5.41 Å². The number of nitrogens with zero attached hydrogens (tertiary/aromatic N) is 2. The first-order valence-electron chi connectivity index (χ1n) is 7.16. The van der Waals surface area contributed by atoms with Gasteiger partial charge in [0.15, 0.2) is 0 Å². The van der Waals surface area contributed by atoms with Gasteiger partial charge >= 0.3 is 0 Å². The average Bonchev–Trinajstić information content (AvgIpc) is 2.44. The van der Waals surface area contributed by atoms with Crippen LogP contribution in [-0.4, -0.2) is 28.0 Å². The van der Waals surface area contributed by atoms with Crippen molar-refractivity contribution in [2.24, 2.45) is 5.41 Å². The molecule has 0 bridgehead atoms. The maximum absolute atomic E-state index is 11.9. The zero-order chi connectivity index (χ0) is 14.6. The van der Waals surface area contributed by atoms with Crippen LogP contribution in [0.5, 0.6) is 0 Å². The van der Waals surface area contributed by atoms with Crippen molar-refractivity contribution >= 4 is 17.3 Å². The monoisotopic (exact) mass is 299 g/mol. The molecule has 1 aromatic heterocycles. The van der Waals surface area contributed by atoms with Crippen molar-refractivity contribution in [3.63, 3.8) is 0 Å². The average molecular weight is 300 g/mol. The lowest BCUT2D eigenvalue weighted by atomic mass is 9.76. The van der Waals surface area contributed by atoms with Crippen LogP contribution in [0.3, 0.4) is 0 Å². The van der Waals surface area contributed by atoms with Crippen molar-refractivity contribution in [3.05, 3.63) is 21.6 Å². The molecule has 0 spiro atoms. The van der Waals surface area contributed by atoms with Gasteiger partial charge in [-0.05, 0) is 18.3 Å². The molecule has 6 heteroatoms. The number of aliphatic hydroxyl groups excluding tert-OH is 1. The van der Waals surface area contributed by atoms with Crippen molar-refractivity contribution in [3.8, 4) is 0 Å². The molecule has 1 fully saturated rings. The molecule has 1 aliphatic carbocycles. The van der Waals surface area contributed by atoms with E-state index in [-0.39, 0.29) is 29.1 Å². The van der Waals surface area contributed by atoms with E-state index in [1.54, 1.807) is 6.20 Å². The van der Waals surface area contributed by atoms with Gasteiger partial charge in [0.2, 0.25) is 0 Å². The summed E-state index contributed by atoms with van der Waals surface area (Å²) in [4.78, 5) is 11.9. The van der Waals surface area contributed by atoms with Crippen molar-refractivity contribution < 1.29 is 5.11 Å². The second-order valence-corrected chi connectivity index (χ2v) is 6.23. The Bertz CT molecular complexity index is 510. The van der Waals surface area contributed by atoms with Crippen LogP contribution in [0.25, 0.3) is 0 Å². The molecule has 0 unspecified atom stereocenters. The first kappa shape index (κ1) is 15.3. The largest absolute Gasteiger partial charge is 0.394 e. The zero-order valence-corrected chi connectivity index (χ0v) is 12.6. The van der Waals surface area contributed by atoms with Crippen molar-refractivity contribution in [2.45, 2.75) is 45.6 Å². The fourth-order valence-corrected chi connectivity index (χ4v) is 2.95. The van der Waals surface area contributed by atoms with Crippen LogP contribution in [0.1, 0.15) is 39.0 Å². The second kappa shape index (κ2) is 6.59. The summed E-state index contributed by atoms with van der Waals surface area (Å²) in [5, 5.41) is 16.3. The number of anilines is 1. The van der Waals surface area contributed by atoms with Crippen LogP contribution in [0.2, 0.25) is 5.02 Å². The van der Waals surface area contributed by atoms with E-state index in [0.29, 0.717) is 5.69 Å². The van der Waals surface area contributed by atoms with Gasteiger partial charge in [0.1, 0.15) is 5.02 Å². The van der Waals surface area contributed by atoms with Gasteiger partial charge in [0.05, 0.1) is 25.0 Å². The summed E-state index contributed by atoms with van der Waals surface area (Å²) in [6.45, 7) is 3.11. The number of halogens is 1. The highest BCUT2D eigenvalue weighted by molar-refractivity contribution is 6.32. The van der Waals surface area contributed by atoms with Gasteiger partial charge in [-0.1, -0.05) is 37.8 Å². The number of nitrogens with one attached hydrogen (secondary N) is 1. The zero-order valence-electron chi connectivity index (χ0n) is 11.9. The van der Waals surface area contributed by atoms with Gasteiger partial charge in [-0.3, -0.25) is 4.79 Å². The molecule has 1 heterocycles. The van der Waals surface area contributed by atoms with Gasteiger partial charge in [0.25, 0.3) is 5.56 Å². The van der Waals surface area contributed by atoms with Gasteiger partial charge in [0, 0.05) is 6.54 Å². The summed E-state index contributed by atoms with van der Waals surface area (Å²) in [5.74, 6) is 0. The molecular weight excluding hydrogens is 278 g/mol. The molecule has 5 nitrogen and oxygen atoms in total. The molecule has 2 rings (SSSR count). The smallest absolute Gasteiger partial charge is 0.287 e.